The molecule has 0 aromatic carbocycles. The topological polar surface area (TPSA) is 131 Å². The predicted octanol–water partition coefficient (Wildman–Crippen LogP) is 6.76. The van der Waals surface area contributed by atoms with Gasteiger partial charge in [0, 0.05) is 29.3 Å². The van der Waals surface area contributed by atoms with Crippen LogP contribution in [-0.4, -0.2) is 53.5 Å². The monoisotopic (exact) mass is 598 g/mol. The minimum absolute atomic E-state index is 0.0798. The first-order valence-electron chi connectivity index (χ1n) is 12.8. The maximum absolute atomic E-state index is 13.7. The molecule has 1 N–H and O–H groups in total. The Hall–Kier alpha value is -2.17. The van der Waals surface area contributed by atoms with Crippen molar-refractivity contribution in [2.75, 3.05) is 38.4 Å². The fraction of sp³-hybridized carbons (Fsp3) is 0.480. The summed E-state index contributed by atoms with van der Waals surface area (Å²) in [5.74, 6) is 0.818. The van der Waals surface area contributed by atoms with Gasteiger partial charge in [-0.15, -0.1) is 11.3 Å². The van der Waals surface area contributed by atoms with Crippen molar-refractivity contribution in [1.29, 1.82) is 0 Å². The molecule has 11 nitrogen and oxygen atoms in total. The average molecular weight is 599 g/mol. The first kappa shape index (κ1) is 31.4. The lowest BCUT2D eigenvalue weighted by Gasteiger charge is -2.31. The van der Waals surface area contributed by atoms with Crippen molar-refractivity contribution in [3.63, 3.8) is 0 Å². The van der Waals surface area contributed by atoms with Crippen LogP contribution in [0.2, 0.25) is 0 Å². The molecular formula is C25H36N4O7P2S. The third-order valence-electron chi connectivity index (χ3n) is 5.28. The van der Waals surface area contributed by atoms with Gasteiger partial charge in [-0.25, -0.2) is 9.97 Å². The number of nitrogens with zero attached hydrogens (tertiary/aromatic N) is 3. The quantitative estimate of drug-likeness (QED) is 0.165. The fourth-order valence-corrected chi connectivity index (χ4v) is 9.52. The van der Waals surface area contributed by atoms with E-state index >= 15 is 0 Å². The normalized spacial score (nSPS) is 12.2. The molecule has 214 valence electrons. The lowest BCUT2D eigenvalue weighted by Crippen LogP contribution is -2.26. The summed E-state index contributed by atoms with van der Waals surface area (Å²) in [5, 5.41) is 3.88. The molecule has 0 aliphatic rings. The van der Waals surface area contributed by atoms with Crippen LogP contribution in [0, 0.1) is 6.92 Å². The summed E-state index contributed by atoms with van der Waals surface area (Å²) in [7, 11) is -7.94. The molecule has 3 heterocycles. The SMILES string of the molecule is CCOP(=O)(OCC)C(Nc1ccc(OCCc2nc(-c3ccncc3)sc2C)cn1)P(=O)(OCC)OCC. The summed E-state index contributed by atoms with van der Waals surface area (Å²) in [6.07, 6.45) is 5.66. The Morgan fingerprint density at radius 3 is 2.00 bits per heavy atom. The number of pyridine rings is 2. The molecule has 39 heavy (non-hydrogen) atoms. The third-order valence-corrected chi connectivity index (χ3v) is 12.0. The van der Waals surface area contributed by atoms with E-state index in [1.54, 1.807) is 63.6 Å². The van der Waals surface area contributed by atoms with E-state index in [-0.39, 0.29) is 32.2 Å². The first-order valence-corrected chi connectivity index (χ1v) is 16.8. The molecule has 0 fully saturated rings. The van der Waals surface area contributed by atoms with E-state index in [0.717, 1.165) is 21.1 Å². The Kier molecular flexibility index (Phi) is 12.1. The summed E-state index contributed by atoms with van der Waals surface area (Å²) in [6.45, 7) is 9.46. The Balaban J connectivity index is 1.70. The Morgan fingerprint density at radius 1 is 0.897 bits per heavy atom. The largest absolute Gasteiger partial charge is 0.492 e. The molecular weight excluding hydrogens is 562 g/mol. The molecule has 0 unspecified atom stereocenters. The second-order valence-corrected chi connectivity index (χ2v) is 13.8. The highest BCUT2D eigenvalue weighted by Crippen LogP contribution is 2.70. The molecule has 3 aromatic rings. The van der Waals surface area contributed by atoms with Gasteiger partial charge in [-0.2, -0.15) is 0 Å². The van der Waals surface area contributed by atoms with Gasteiger partial charge < -0.3 is 28.1 Å². The van der Waals surface area contributed by atoms with Gasteiger partial charge in [0.2, 0.25) is 5.52 Å². The van der Waals surface area contributed by atoms with Crippen LogP contribution in [0.25, 0.3) is 10.6 Å². The summed E-state index contributed by atoms with van der Waals surface area (Å²) >= 11 is 1.64. The molecule has 3 aromatic heterocycles. The highest BCUT2D eigenvalue weighted by Gasteiger charge is 2.51. The van der Waals surface area contributed by atoms with Crippen molar-refractivity contribution in [3.8, 4) is 16.3 Å². The maximum atomic E-state index is 13.7. The van der Waals surface area contributed by atoms with Crippen molar-refractivity contribution in [1.82, 2.24) is 15.0 Å². The maximum Gasteiger partial charge on any atom is 0.365 e. The summed E-state index contributed by atoms with van der Waals surface area (Å²) in [6, 6.07) is 7.21. The van der Waals surface area contributed by atoms with Gasteiger partial charge in [-0.3, -0.25) is 14.1 Å². The Morgan fingerprint density at radius 2 is 1.49 bits per heavy atom. The second-order valence-electron chi connectivity index (χ2n) is 8.00. The Labute approximate surface area is 233 Å². The minimum atomic E-state index is -3.97. The lowest BCUT2D eigenvalue weighted by atomic mass is 10.2. The van der Waals surface area contributed by atoms with E-state index in [4.69, 9.17) is 27.8 Å². The zero-order chi connectivity index (χ0) is 28.3. The van der Waals surface area contributed by atoms with E-state index in [0.29, 0.717) is 18.8 Å². The van der Waals surface area contributed by atoms with Gasteiger partial charge >= 0.3 is 15.2 Å². The van der Waals surface area contributed by atoms with Gasteiger partial charge in [-0.05, 0) is 58.9 Å². The van der Waals surface area contributed by atoms with Gasteiger partial charge in [0.05, 0.1) is 44.9 Å². The molecule has 0 radical (unpaired) electrons. The fourth-order valence-electron chi connectivity index (χ4n) is 3.63. The zero-order valence-electron chi connectivity index (χ0n) is 22.9. The van der Waals surface area contributed by atoms with Gasteiger partial charge in [0.25, 0.3) is 0 Å². The average Bonchev–Trinajstić information content (AvgIpc) is 3.29. The van der Waals surface area contributed by atoms with Crippen molar-refractivity contribution in [2.24, 2.45) is 0 Å². The van der Waals surface area contributed by atoms with Crippen LogP contribution >= 0.6 is 26.5 Å². The first-order chi connectivity index (χ1) is 18.8. The number of nitrogens with one attached hydrogen (secondary N) is 1. The number of ether oxygens (including phenoxy) is 1. The van der Waals surface area contributed by atoms with Crippen molar-refractivity contribution >= 4 is 32.3 Å². The number of aryl methyl sites for hydroxylation is 1. The van der Waals surface area contributed by atoms with E-state index < -0.39 is 20.7 Å². The zero-order valence-corrected chi connectivity index (χ0v) is 25.5. The molecule has 0 aliphatic carbocycles. The molecule has 0 atom stereocenters. The van der Waals surface area contributed by atoms with E-state index in [1.165, 1.54) is 6.20 Å². The van der Waals surface area contributed by atoms with Gasteiger partial charge in [0.15, 0.2) is 0 Å². The molecule has 14 heteroatoms. The summed E-state index contributed by atoms with van der Waals surface area (Å²) < 4.78 is 55.2. The van der Waals surface area contributed by atoms with Crippen LogP contribution in [0.4, 0.5) is 5.82 Å². The molecule has 3 rings (SSSR count). The highest BCUT2D eigenvalue weighted by atomic mass is 32.1. The van der Waals surface area contributed by atoms with Crippen LogP contribution in [0.5, 0.6) is 5.75 Å². The van der Waals surface area contributed by atoms with Crippen LogP contribution in [-0.2, 0) is 33.6 Å². The number of hydrogen-bond acceptors (Lipinski definition) is 12. The number of anilines is 1. The van der Waals surface area contributed by atoms with Crippen LogP contribution < -0.4 is 10.1 Å². The molecule has 0 amide bonds. The number of rotatable bonds is 17. The molecule has 0 saturated heterocycles. The smallest absolute Gasteiger partial charge is 0.365 e. The van der Waals surface area contributed by atoms with E-state index in [9.17, 15) is 9.13 Å². The number of thiazole rings is 1. The Bertz CT molecular complexity index is 1210. The predicted molar refractivity (Wildman–Crippen MR) is 153 cm³/mol. The van der Waals surface area contributed by atoms with Gasteiger partial charge in [-0.1, -0.05) is 0 Å². The van der Waals surface area contributed by atoms with Crippen molar-refractivity contribution < 1.29 is 32.0 Å². The molecule has 0 aliphatic heterocycles. The summed E-state index contributed by atoms with van der Waals surface area (Å²) in [5.41, 5.74) is 0.602. The standard InChI is InChI=1S/C25H36N4O7P2S/c1-6-33-37(30,34-7-2)25(38(31,35-8-3)36-9-4)29-23-11-10-21(18-27-23)32-17-14-22-19(5)39-24(28-22)20-12-15-26-16-13-20/h10-13,15-16,18,25H,6-9,14,17H2,1-5H3,(H,27,29). The van der Waals surface area contributed by atoms with Crippen LogP contribution in [0.1, 0.15) is 38.3 Å². The van der Waals surface area contributed by atoms with E-state index in [1.807, 2.05) is 19.1 Å². The van der Waals surface area contributed by atoms with Crippen LogP contribution in [0.3, 0.4) is 0 Å². The summed E-state index contributed by atoms with van der Waals surface area (Å²) in [4.78, 5) is 14.3. The highest BCUT2D eigenvalue weighted by molar-refractivity contribution is 7.72. The molecule has 0 bridgehead atoms. The second kappa shape index (κ2) is 15.0. The molecule has 0 spiro atoms. The third kappa shape index (κ3) is 8.41. The molecule has 0 saturated carbocycles. The van der Waals surface area contributed by atoms with E-state index in [2.05, 4.69) is 15.3 Å². The lowest BCUT2D eigenvalue weighted by molar-refractivity contribution is 0.198. The van der Waals surface area contributed by atoms with Gasteiger partial charge in [0.1, 0.15) is 16.6 Å². The van der Waals surface area contributed by atoms with Crippen LogP contribution in [0.15, 0.2) is 42.9 Å². The van der Waals surface area contributed by atoms with Crippen molar-refractivity contribution in [3.05, 3.63) is 53.4 Å². The number of hydrogen-bond donors (Lipinski definition) is 1. The van der Waals surface area contributed by atoms with Crippen molar-refractivity contribution in [2.45, 2.75) is 46.6 Å². The number of aromatic nitrogens is 3. The minimum Gasteiger partial charge on any atom is -0.492 e.